The van der Waals surface area contributed by atoms with Crippen LogP contribution in [0.25, 0.3) is 0 Å². The van der Waals surface area contributed by atoms with Gasteiger partial charge in [-0.1, -0.05) is 18.2 Å². The first-order chi connectivity index (χ1) is 14.1. The van der Waals surface area contributed by atoms with E-state index in [1.807, 2.05) is 67.6 Å². The maximum absolute atomic E-state index is 5.81. The monoisotopic (exact) mass is 407 g/mol. The van der Waals surface area contributed by atoms with Crippen molar-refractivity contribution in [1.82, 2.24) is 10.3 Å². The van der Waals surface area contributed by atoms with E-state index < -0.39 is 0 Å². The van der Waals surface area contributed by atoms with Gasteiger partial charge in [0.25, 0.3) is 0 Å². The molecule has 6 heteroatoms. The molecule has 3 rings (SSSR count). The van der Waals surface area contributed by atoms with Crippen molar-refractivity contribution < 1.29 is 9.47 Å². The molecule has 1 unspecified atom stereocenters. The zero-order chi connectivity index (χ0) is 20.5. The molecule has 150 valence electrons. The number of ether oxygens (including phenoxy) is 2. The molecule has 0 aliphatic heterocycles. The molecule has 2 N–H and O–H groups in total. The van der Waals surface area contributed by atoms with Gasteiger partial charge in [-0.15, -0.1) is 0 Å². The number of benzene rings is 2. The highest BCUT2D eigenvalue weighted by molar-refractivity contribution is 7.80. The smallest absolute Gasteiger partial charge is 0.171 e. The minimum Gasteiger partial charge on any atom is -0.494 e. The van der Waals surface area contributed by atoms with E-state index in [0.717, 1.165) is 28.3 Å². The summed E-state index contributed by atoms with van der Waals surface area (Å²) in [5.74, 6) is 1.66. The first-order valence-electron chi connectivity index (χ1n) is 9.56. The van der Waals surface area contributed by atoms with Crippen LogP contribution in [0.2, 0.25) is 0 Å². The third-order valence-corrected chi connectivity index (χ3v) is 4.50. The van der Waals surface area contributed by atoms with Crippen LogP contribution in [-0.2, 0) is 6.61 Å². The summed E-state index contributed by atoms with van der Waals surface area (Å²) in [6, 6.07) is 19.7. The molecule has 1 atom stereocenters. The Morgan fingerprint density at radius 3 is 2.34 bits per heavy atom. The van der Waals surface area contributed by atoms with E-state index in [9.17, 15) is 0 Å². The number of anilines is 1. The molecule has 5 nitrogen and oxygen atoms in total. The van der Waals surface area contributed by atoms with Crippen molar-refractivity contribution in [3.8, 4) is 11.5 Å². The molecule has 0 aliphatic carbocycles. The highest BCUT2D eigenvalue weighted by Gasteiger charge is 2.08. The molecular weight excluding hydrogens is 382 g/mol. The molecule has 1 aromatic heterocycles. The van der Waals surface area contributed by atoms with Crippen molar-refractivity contribution in [2.75, 3.05) is 11.9 Å². The van der Waals surface area contributed by atoms with Gasteiger partial charge in [-0.3, -0.25) is 4.98 Å². The Morgan fingerprint density at radius 2 is 1.69 bits per heavy atom. The second kappa shape index (κ2) is 10.4. The van der Waals surface area contributed by atoms with Crippen molar-refractivity contribution in [3.63, 3.8) is 0 Å². The van der Waals surface area contributed by atoms with Gasteiger partial charge < -0.3 is 20.1 Å². The van der Waals surface area contributed by atoms with Gasteiger partial charge in [0.15, 0.2) is 5.11 Å². The molecule has 0 amide bonds. The van der Waals surface area contributed by atoms with E-state index >= 15 is 0 Å². The second-order valence-corrected chi connectivity index (χ2v) is 6.90. The lowest BCUT2D eigenvalue weighted by atomic mass is 10.1. The average molecular weight is 408 g/mol. The van der Waals surface area contributed by atoms with E-state index in [4.69, 9.17) is 21.7 Å². The molecule has 0 bridgehead atoms. The summed E-state index contributed by atoms with van der Waals surface area (Å²) < 4.78 is 11.3. The SMILES string of the molecule is CCOc1ccc(NC(=S)NC(C)c2ccc(OCc3cccnc3)cc2)cc1. The molecule has 2 aromatic carbocycles. The molecular formula is C23H25N3O2S. The van der Waals surface area contributed by atoms with E-state index in [-0.39, 0.29) is 6.04 Å². The lowest BCUT2D eigenvalue weighted by molar-refractivity contribution is 0.305. The number of nitrogens with zero attached hydrogens (tertiary/aromatic N) is 1. The molecule has 1 heterocycles. The highest BCUT2D eigenvalue weighted by Crippen LogP contribution is 2.19. The summed E-state index contributed by atoms with van der Waals surface area (Å²) in [5.41, 5.74) is 3.07. The predicted molar refractivity (Wildman–Crippen MR) is 120 cm³/mol. The quantitative estimate of drug-likeness (QED) is 0.506. The van der Waals surface area contributed by atoms with Crippen molar-refractivity contribution in [3.05, 3.63) is 84.2 Å². The number of hydrogen-bond acceptors (Lipinski definition) is 4. The zero-order valence-corrected chi connectivity index (χ0v) is 17.4. The van der Waals surface area contributed by atoms with Crippen LogP contribution >= 0.6 is 12.2 Å². The first-order valence-corrected chi connectivity index (χ1v) is 9.97. The van der Waals surface area contributed by atoms with Gasteiger partial charge in [0.05, 0.1) is 12.6 Å². The van der Waals surface area contributed by atoms with Crippen LogP contribution in [-0.4, -0.2) is 16.7 Å². The van der Waals surface area contributed by atoms with Crippen LogP contribution in [0.4, 0.5) is 5.69 Å². The Kier molecular flexibility index (Phi) is 7.41. The molecule has 3 aromatic rings. The molecule has 0 saturated carbocycles. The Bertz CT molecular complexity index is 900. The largest absolute Gasteiger partial charge is 0.494 e. The normalized spacial score (nSPS) is 11.4. The fourth-order valence-electron chi connectivity index (χ4n) is 2.75. The average Bonchev–Trinajstić information content (AvgIpc) is 2.75. The van der Waals surface area contributed by atoms with Gasteiger partial charge in [0, 0.05) is 23.6 Å². The Morgan fingerprint density at radius 1 is 1.00 bits per heavy atom. The van der Waals surface area contributed by atoms with Gasteiger partial charge in [0.2, 0.25) is 0 Å². The van der Waals surface area contributed by atoms with Gasteiger partial charge in [0.1, 0.15) is 18.1 Å². The molecule has 0 spiro atoms. The van der Waals surface area contributed by atoms with Crippen molar-refractivity contribution in [2.24, 2.45) is 0 Å². The number of hydrogen-bond donors (Lipinski definition) is 2. The summed E-state index contributed by atoms with van der Waals surface area (Å²) >= 11 is 5.43. The van der Waals surface area contributed by atoms with E-state index in [1.165, 1.54) is 0 Å². The minimum absolute atomic E-state index is 0.0603. The fourth-order valence-corrected chi connectivity index (χ4v) is 3.05. The number of aromatic nitrogens is 1. The van der Waals surface area contributed by atoms with Crippen LogP contribution in [0.1, 0.15) is 31.0 Å². The molecule has 29 heavy (non-hydrogen) atoms. The van der Waals surface area contributed by atoms with Crippen LogP contribution in [0.15, 0.2) is 73.1 Å². The predicted octanol–water partition coefficient (Wildman–Crippen LogP) is 5.11. The van der Waals surface area contributed by atoms with Crippen LogP contribution in [0.5, 0.6) is 11.5 Å². The molecule has 0 aliphatic rings. The Labute approximate surface area is 177 Å². The lowest BCUT2D eigenvalue weighted by Gasteiger charge is -2.18. The third kappa shape index (κ3) is 6.47. The van der Waals surface area contributed by atoms with Crippen LogP contribution in [0, 0.1) is 0 Å². The molecule has 0 fully saturated rings. The van der Waals surface area contributed by atoms with E-state index in [0.29, 0.717) is 18.3 Å². The molecule has 0 saturated heterocycles. The van der Waals surface area contributed by atoms with Crippen molar-refractivity contribution in [2.45, 2.75) is 26.5 Å². The number of rotatable bonds is 8. The van der Waals surface area contributed by atoms with Crippen molar-refractivity contribution in [1.29, 1.82) is 0 Å². The fraction of sp³-hybridized carbons (Fsp3) is 0.217. The Balaban J connectivity index is 1.49. The van der Waals surface area contributed by atoms with Crippen molar-refractivity contribution >= 4 is 23.0 Å². The summed E-state index contributed by atoms with van der Waals surface area (Å²) in [5, 5.41) is 7.07. The topological polar surface area (TPSA) is 55.4 Å². The summed E-state index contributed by atoms with van der Waals surface area (Å²) in [4.78, 5) is 4.09. The lowest BCUT2D eigenvalue weighted by Crippen LogP contribution is -2.30. The van der Waals surface area contributed by atoms with Gasteiger partial charge >= 0.3 is 0 Å². The van der Waals surface area contributed by atoms with E-state index in [1.54, 1.807) is 12.4 Å². The minimum atomic E-state index is 0.0603. The van der Waals surface area contributed by atoms with E-state index in [2.05, 4.69) is 22.5 Å². The van der Waals surface area contributed by atoms with Crippen LogP contribution in [0.3, 0.4) is 0 Å². The number of nitrogens with one attached hydrogen (secondary N) is 2. The maximum Gasteiger partial charge on any atom is 0.171 e. The maximum atomic E-state index is 5.81. The second-order valence-electron chi connectivity index (χ2n) is 6.50. The number of thiocarbonyl (C=S) groups is 1. The third-order valence-electron chi connectivity index (χ3n) is 4.28. The summed E-state index contributed by atoms with van der Waals surface area (Å²) in [7, 11) is 0. The van der Waals surface area contributed by atoms with Gasteiger partial charge in [-0.2, -0.15) is 0 Å². The Hall–Kier alpha value is -3.12. The standard InChI is InChI=1S/C23H25N3O2S/c1-3-27-21-12-8-20(9-13-21)26-23(29)25-17(2)19-6-10-22(11-7-19)28-16-18-5-4-14-24-15-18/h4-15,17H,3,16H2,1-2H3,(H2,25,26,29). The van der Waals surface area contributed by atoms with Gasteiger partial charge in [-0.05, 0) is 74.1 Å². The zero-order valence-electron chi connectivity index (χ0n) is 16.6. The number of pyridine rings is 1. The summed E-state index contributed by atoms with van der Waals surface area (Å²) in [6.07, 6.45) is 3.56. The molecule has 0 radical (unpaired) electrons. The van der Waals surface area contributed by atoms with Gasteiger partial charge in [-0.25, -0.2) is 0 Å². The first kappa shape index (κ1) is 20.6. The highest BCUT2D eigenvalue weighted by atomic mass is 32.1. The van der Waals surface area contributed by atoms with Crippen LogP contribution < -0.4 is 20.1 Å². The summed E-state index contributed by atoms with van der Waals surface area (Å²) in [6.45, 7) is 5.18.